The first-order valence-corrected chi connectivity index (χ1v) is 6.06. The molecule has 46 valence electrons. The van der Waals surface area contributed by atoms with Crippen LogP contribution in [0.4, 0.5) is 0 Å². The molecule has 0 unspecified atom stereocenters. The SMILES string of the molecule is C[C-]=[W].C[C](=[W])[N]=[W]. The van der Waals surface area contributed by atoms with E-state index in [-0.39, 0.29) is 0 Å². The molecule has 0 N–H and O–H groups in total. The summed E-state index contributed by atoms with van der Waals surface area (Å²) >= 11 is 4.22. The Morgan fingerprint density at radius 1 is 1.62 bits per heavy atom. The second-order valence-electron chi connectivity index (χ2n) is 0.814. The molecule has 0 bridgehead atoms. The maximum atomic E-state index is 3.93. The van der Waals surface area contributed by atoms with Gasteiger partial charge in [0.25, 0.3) is 0 Å². The third-order valence-electron chi connectivity index (χ3n) is 0.129. The Morgan fingerprint density at radius 3 is 1.75 bits per heavy atom. The van der Waals surface area contributed by atoms with Gasteiger partial charge in [0.15, 0.2) is 0 Å². The van der Waals surface area contributed by atoms with Gasteiger partial charge in [0.05, 0.1) is 0 Å². The fourth-order valence-electron chi connectivity index (χ4n) is 0. The van der Waals surface area contributed by atoms with E-state index in [1.165, 1.54) is 62.4 Å². The van der Waals surface area contributed by atoms with E-state index < -0.39 is 0 Å². The zero-order valence-corrected chi connectivity index (χ0v) is 13.5. The van der Waals surface area contributed by atoms with E-state index in [0.717, 1.165) is 0 Å². The molecule has 0 rings (SSSR count). The molecule has 1 nitrogen and oxygen atoms in total. The molecule has 0 radical (unpaired) electrons. The predicted octanol–water partition coefficient (Wildman–Crippen LogP) is 0.646. The van der Waals surface area contributed by atoms with Crippen molar-refractivity contribution in [2.45, 2.75) is 13.8 Å². The minimum absolute atomic E-state index is 1.25. The van der Waals surface area contributed by atoms with Crippen LogP contribution in [0.2, 0.25) is 0 Å². The second-order valence-corrected chi connectivity index (χ2v) is 5.06. The predicted molar refractivity (Wildman–Crippen MR) is 23.8 cm³/mol. The van der Waals surface area contributed by atoms with Crippen molar-refractivity contribution in [1.82, 2.24) is 0 Å². The van der Waals surface area contributed by atoms with Crippen LogP contribution in [-0.2, 0) is 58.3 Å². The van der Waals surface area contributed by atoms with Crippen LogP contribution >= 0.6 is 0 Å². The zero-order chi connectivity index (χ0) is 6.99. The molecule has 0 aromatic carbocycles. The van der Waals surface area contributed by atoms with Gasteiger partial charge in [-0.2, -0.15) is 0 Å². The number of nitrogens with zero attached hydrogens (tertiary/aromatic N) is 1. The van der Waals surface area contributed by atoms with E-state index in [1.54, 1.807) is 0 Å². The number of rotatable bonds is 1. The summed E-state index contributed by atoms with van der Waals surface area (Å²) in [6.07, 6.45) is 0. The fourth-order valence-corrected chi connectivity index (χ4v) is 0. The van der Waals surface area contributed by atoms with E-state index in [1.807, 2.05) is 13.8 Å². The monoisotopic (exact) mass is 620 g/mol. The van der Waals surface area contributed by atoms with Gasteiger partial charge in [0, 0.05) is 0 Å². The molecule has 0 aromatic rings. The Balaban J connectivity index is 0. The Kier molecular flexibility index (Phi) is 17.5. The Hall–Kier alpha value is 1.60. The third kappa shape index (κ3) is 25.5. The molecule has 0 aliphatic carbocycles. The summed E-state index contributed by atoms with van der Waals surface area (Å²) in [6, 6.07) is 0. The Bertz CT molecular complexity index is 89.3. The second kappa shape index (κ2) is 11.4. The van der Waals surface area contributed by atoms with Crippen LogP contribution in [0.1, 0.15) is 13.8 Å². The molecule has 0 saturated carbocycles. The first-order valence-electron chi connectivity index (χ1n) is 1.81. The third-order valence-corrected chi connectivity index (χ3v) is 3.24. The van der Waals surface area contributed by atoms with Crippen molar-refractivity contribution >= 4 is 8.42 Å². The van der Waals surface area contributed by atoms with Crippen molar-refractivity contribution in [1.29, 1.82) is 0 Å². The maximum absolute atomic E-state index is 3.93. The summed E-state index contributed by atoms with van der Waals surface area (Å²) in [5.74, 6) is 0. The van der Waals surface area contributed by atoms with Gasteiger partial charge in [0.1, 0.15) is 0 Å². The first-order chi connectivity index (χ1) is 3.68. The van der Waals surface area contributed by atoms with Gasteiger partial charge < -0.3 is 0 Å². The van der Waals surface area contributed by atoms with Crippen molar-refractivity contribution in [2.24, 2.45) is 3.50 Å². The molecule has 0 saturated heterocycles. The number of hydrogen-bond donors (Lipinski definition) is 0. The van der Waals surface area contributed by atoms with Crippen LogP contribution < -0.4 is 0 Å². The molecule has 8 heavy (non-hydrogen) atoms. The first kappa shape index (κ1) is 12.3. The van der Waals surface area contributed by atoms with Gasteiger partial charge >= 0.3 is 84.1 Å². The van der Waals surface area contributed by atoms with Crippen molar-refractivity contribution < 1.29 is 58.3 Å². The molecule has 0 aliphatic rings. The molecule has 0 aromatic heterocycles. The van der Waals surface area contributed by atoms with E-state index in [2.05, 4.69) is 7.90 Å². The average molecular weight is 620 g/mol. The summed E-state index contributed by atoms with van der Waals surface area (Å²) in [7, 11) is 0. The summed E-state index contributed by atoms with van der Waals surface area (Å²) in [5.41, 5.74) is 0. The van der Waals surface area contributed by atoms with E-state index in [0.29, 0.717) is 0 Å². The van der Waals surface area contributed by atoms with Crippen LogP contribution in [-0.4, -0.2) is 8.42 Å². The summed E-state index contributed by atoms with van der Waals surface area (Å²) in [6.45, 7) is 3.94. The van der Waals surface area contributed by atoms with Crippen LogP contribution in [0.15, 0.2) is 3.50 Å². The molecule has 0 fully saturated rings. The van der Waals surface area contributed by atoms with Crippen molar-refractivity contribution in [3.05, 3.63) is 0 Å². The standard InChI is InChI=1S/C2H3N.C2H3.3W/c1-2-3;1-2;;;/h1H3;1H3;;;/q;-1;;;. The van der Waals surface area contributed by atoms with Gasteiger partial charge in [-0.25, -0.2) is 0 Å². The molecule has 0 aliphatic heterocycles. The molecule has 0 amide bonds. The van der Waals surface area contributed by atoms with E-state index in [9.17, 15) is 0 Å². The summed E-state index contributed by atoms with van der Waals surface area (Å²) < 4.78 is 8.01. The minimum atomic E-state index is 1.25. The Morgan fingerprint density at radius 2 is 1.75 bits per heavy atom. The average Bonchev–Trinajstić information content (AvgIpc) is 1.69. The zero-order valence-electron chi connectivity index (χ0n) is 4.67. The molecule has 0 atom stereocenters. The van der Waals surface area contributed by atoms with E-state index in [4.69, 9.17) is 0 Å². The normalized spacial score (nSPS) is 5.75. The van der Waals surface area contributed by atoms with Gasteiger partial charge in [0.2, 0.25) is 0 Å². The molecule has 4 heteroatoms. The molecular formula is C4H6NW3-. The Labute approximate surface area is 83.2 Å². The topological polar surface area (TPSA) is 12.4 Å². The molecule has 0 heterocycles. The van der Waals surface area contributed by atoms with Gasteiger partial charge in [-0.3, -0.25) is 0 Å². The fraction of sp³-hybridized carbons (Fsp3) is 0.500. The number of hydrogen-bond acceptors (Lipinski definition) is 1. The van der Waals surface area contributed by atoms with Crippen molar-refractivity contribution in [2.75, 3.05) is 0 Å². The van der Waals surface area contributed by atoms with Crippen LogP contribution in [0, 0.1) is 0 Å². The summed E-state index contributed by atoms with van der Waals surface area (Å²) in [4.78, 5) is 0. The van der Waals surface area contributed by atoms with Gasteiger partial charge in [-0.15, -0.1) is 0 Å². The quantitative estimate of drug-likeness (QED) is 0.383. The van der Waals surface area contributed by atoms with Crippen molar-refractivity contribution in [3.8, 4) is 0 Å². The van der Waals surface area contributed by atoms with Gasteiger partial charge in [-0.1, -0.05) is 0 Å². The van der Waals surface area contributed by atoms with Crippen molar-refractivity contribution in [3.63, 3.8) is 0 Å². The molecular weight excluding hydrogens is 614 g/mol. The van der Waals surface area contributed by atoms with E-state index >= 15 is 0 Å². The molecule has 0 spiro atoms. The van der Waals surface area contributed by atoms with Crippen LogP contribution in [0.3, 0.4) is 0 Å². The van der Waals surface area contributed by atoms with Gasteiger partial charge in [-0.05, 0) is 0 Å². The summed E-state index contributed by atoms with van der Waals surface area (Å²) in [5, 5.41) is 0. The van der Waals surface area contributed by atoms with Crippen LogP contribution in [0.25, 0.3) is 0 Å². The van der Waals surface area contributed by atoms with Crippen LogP contribution in [0.5, 0.6) is 0 Å².